The molecular weight excluding hydrogens is 378 g/mol. The SMILES string of the molecule is COc1cc(C(=O)N2CCN(C(=O)C(N)c3ccccc3)CC2)ccc1C.Cl. The maximum absolute atomic E-state index is 12.8. The van der Waals surface area contributed by atoms with Gasteiger partial charge in [-0.1, -0.05) is 36.4 Å². The topological polar surface area (TPSA) is 75.9 Å². The van der Waals surface area contributed by atoms with Crippen LogP contribution in [0, 0.1) is 6.92 Å². The summed E-state index contributed by atoms with van der Waals surface area (Å²) in [5.41, 5.74) is 8.50. The van der Waals surface area contributed by atoms with Gasteiger partial charge in [-0.25, -0.2) is 0 Å². The van der Waals surface area contributed by atoms with E-state index in [9.17, 15) is 9.59 Å². The number of hydrogen-bond donors (Lipinski definition) is 1. The van der Waals surface area contributed by atoms with E-state index in [1.807, 2.05) is 49.4 Å². The monoisotopic (exact) mass is 403 g/mol. The van der Waals surface area contributed by atoms with E-state index >= 15 is 0 Å². The van der Waals surface area contributed by atoms with Gasteiger partial charge in [-0.3, -0.25) is 9.59 Å². The van der Waals surface area contributed by atoms with E-state index in [-0.39, 0.29) is 24.2 Å². The lowest BCUT2D eigenvalue weighted by atomic mass is 10.1. The number of hydrogen-bond acceptors (Lipinski definition) is 4. The van der Waals surface area contributed by atoms with E-state index in [0.717, 1.165) is 11.1 Å². The highest BCUT2D eigenvalue weighted by atomic mass is 35.5. The molecule has 7 heteroatoms. The second kappa shape index (κ2) is 9.57. The number of piperazine rings is 1. The van der Waals surface area contributed by atoms with E-state index in [1.165, 1.54) is 0 Å². The van der Waals surface area contributed by atoms with Crippen molar-refractivity contribution in [2.75, 3.05) is 33.3 Å². The zero-order chi connectivity index (χ0) is 19.4. The van der Waals surface area contributed by atoms with Gasteiger partial charge in [0.2, 0.25) is 5.91 Å². The number of carbonyl (C=O) groups excluding carboxylic acids is 2. The minimum Gasteiger partial charge on any atom is -0.496 e. The quantitative estimate of drug-likeness (QED) is 0.850. The fourth-order valence-electron chi connectivity index (χ4n) is 3.27. The highest BCUT2D eigenvalue weighted by molar-refractivity contribution is 5.95. The summed E-state index contributed by atoms with van der Waals surface area (Å²) in [6, 6.07) is 14.1. The van der Waals surface area contributed by atoms with E-state index < -0.39 is 6.04 Å². The zero-order valence-electron chi connectivity index (χ0n) is 16.1. The summed E-state index contributed by atoms with van der Waals surface area (Å²) in [6.07, 6.45) is 0. The van der Waals surface area contributed by atoms with Crippen LogP contribution in [0.2, 0.25) is 0 Å². The Bertz CT molecular complexity index is 821. The number of carbonyl (C=O) groups is 2. The van der Waals surface area contributed by atoms with Crippen molar-refractivity contribution in [2.45, 2.75) is 13.0 Å². The van der Waals surface area contributed by atoms with Crippen molar-refractivity contribution >= 4 is 24.2 Å². The predicted molar refractivity (Wildman–Crippen MR) is 111 cm³/mol. The summed E-state index contributed by atoms with van der Waals surface area (Å²) in [7, 11) is 1.59. The predicted octanol–water partition coefficient (Wildman–Crippen LogP) is 2.41. The van der Waals surface area contributed by atoms with Crippen LogP contribution in [0.4, 0.5) is 0 Å². The van der Waals surface area contributed by atoms with Crippen molar-refractivity contribution in [3.05, 3.63) is 65.2 Å². The third-order valence-corrected chi connectivity index (χ3v) is 4.96. The number of aryl methyl sites for hydroxylation is 1. The van der Waals surface area contributed by atoms with Crippen LogP contribution in [0.5, 0.6) is 5.75 Å². The number of methoxy groups -OCH3 is 1. The van der Waals surface area contributed by atoms with Crippen LogP contribution in [0.3, 0.4) is 0 Å². The molecule has 150 valence electrons. The van der Waals surface area contributed by atoms with Crippen molar-refractivity contribution in [3.63, 3.8) is 0 Å². The lowest BCUT2D eigenvalue weighted by Gasteiger charge is -2.36. The van der Waals surface area contributed by atoms with Gasteiger partial charge in [-0.05, 0) is 30.2 Å². The van der Waals surface area contributed by atoms with Gasteiger partial charge in [0.15, 0.2) is 0 Å². The Morgan fingerprint density at radius 1 is 1.00 bits per heavy atom. The molecule has 0 bridgehead atoms. The molecular formula is C21H26ClN3O3. The molecule has 1 fully saturated rings. The van der Waals surface area contributed by atoms with Gasteiger partial charge in [-0.2, -0.15) is 0 Å². The molecule has 2 aromatic carbocycles. The van der Waals surface area contributed by atoms with Gasteiger partial charge >= 0.3 is 0 Å². The Hall–Kier alpha value is -2.57. The first kappa shape index (κ1) is 21.7. The molecule has 0 spiro atoms. The number of ether oxygens (including phenoxy) is 1. The Kier molecular flexibility index (Phi) is 7.43. The van der Waals surface area contributed by atoms with Gasteiger partial charge in [0.25, 0.3) is 5.91 Å². The van der Waals surface area contributed by atoms with Gasteiger partial charge in [0.05, 0.1) is 7.11 Å². The molecule has 1 heterocycles. The first-order chi connectivity index (χ1) is 13.0. The molecule has 0 saturated carbocycles. The summed E-state index contributed by atoms with van der Waals surface area (Å²) in [5, 5.41) is 0. The molecule has 2 aromatic rings. The fraction of sp³-hybridized carbons (Fsp3) is 0.333. The molecule has 1 saturated heterocycles. The molecule has 0 radical (unpaired) electrons. The van der Waals surface area contributed by atoms with Crippen molar-refractivity contribution in [3.8, 4) is 5.75 Å². The van der Waals surface area contributed by atoms with E-state index in [4.69, 9.17) is 10.5 Å². The van der Waals surface area contributed by atoms with Gasteiger partial charge in [-0.15, -0.1) is 12.4 Å². The highest BCUT2D eigenvalue weighted by Gasteiger charge is 2.28. The molecule has 2 amide bonds. The third kappa shape index (κ3) is 4.64. The second-order valence-electron chi connectivity index (χ2n) is 6.69. The van der Waals surface area contributed by atoms with Crippen LogP contribution in [0.1, 0.15) is 27.5 Å². The largest absolute Gasteiger partial charge is 0.496 e. The smallest absolute Gasteiger partial charge is 0.254 e. The Balaban J connectivity index is 0.00000280. The molecule has 6 nitrogen and oxygen atoms in total. The number of rotatable bonds is 4. The Labute approximate surface area is 171 Å². The normalized spacial score (nSPS) is 14.8. The molecule has 1 aliphatic heterocycles. The average molecular weight is 404 g/mol. The molecule has 28 heavy (non-hydrogen) atoms. The van der Waals surface area contributed by atoms with E-state index in [0.29, 0.717) is 37.5 Å². The third-order valence-electron chi connectivity index (χ3n) is 4.96. The molecule has 1 aliphatic rings. The molecule has 0 aromatic heterocycles. The van der Waals surface area contributed by atoms with Crippen LogP contribution < -0.4 is 10.5 Å². The second-order valence-corrected chi connectivity index (χ2v) is 6.69. The lowest BCUT2D eigenvalue weighted by molar-refractivity contribution is -0.134. The van der Waals surface area contributed by atoms with Crippen molar-refractivity contribution in [1.29, 1.82) is 0 Å². The van der Waals surface area contributed by atoms with Crippen LogP contribution in [-0.4, -0.2) is 54.9 Å². The van der Waals surface area contributed by atoms with Crippen molar-refractivity contribution in [1.82, 2.24) is 9.80 Å². The number of benzene rings is 2. The summed E-state index contributed by atoms with van der Waals surface area (Å²) in [5.74, 6) is 0.543. The number of nitrogens with zero attached hydrogens (tertiary/aromatic N) is 2. The average Bonchev–Trinajstić information content (AvgIpc) is 2.73. The van der Waals surface area contributed by atoms with Crippen LogP contribution in [0.15, 0.2) is 48.5 Å². The fourth-order valence-corrected chi connectivity index (χ4v) is 3.27. The minimum atomic E-state index is -0.671. The standard InChI is InChI=1S/C21H25N3O3.ClH/c1-15-8-9-17(14-18(15)27-2)20(25)23-10-12-24(13-11-23)21(26)19(22)16-6-4-3-5-7-16;/h3-9,14,19H,10-13,22H2,1-2H3;1H. The van der Waals surface area contributed by atoms with Gasteiger partial charge in [0, 0.05) is 31.7 Å². The summed E-state index contributed by atoms with van der Waals surface area (Å²) >= 11 is 0. The maximum atomic E-state index is 12.8. The van der Waals surface area contributed by atoms with Crippen molar-refractivity contribution < 1.29 is 14.3 Å². The molecule has 1 unspecified atom stereocenters. The maximum Gasteiger partial charge on any atom is 0.254 e. The Morgan fingerprint density at radius 3 is 2.21 bits per heavy atom. The Morgan fingerprint density at radius 2 is 1.61 bits per heavy atom. The highest BCUT2D eigenvalue weighted by Crippen LogP contribution is 2.21. The number of nitrogens with two attached hydrogens (primary N) is 1. The molecule has 1 atom stereocenters. The molecule has 0 aliphatic carbocycles. The van der Waals surface area contributed by atoms with Crippen molar-refractivity contribution in [2.24, 2.45) is 5.73 Å². The number of halogens is 1. The van der Waals surface area contributed by atoms with Crippen LogP contribution in [-0.2, 0) is 4.79 Å². The first-order valence-electron chi connectivity index (χ1n) is 9.04. The molecule has 3 rings (SSSR count). The lowest BCUT2D eigenvalue weighted by Crippen LogP contribution is -2.52. The van der Waals surface area contributed by atoms with Crippen LogP contribution >= 0.6 is 12.4 Å². The summed E-state index contributed by atoms with van der Waals surface area (Å²) < 4.78 is 5.30. The summed E-state index contributed by atoms with van der Waals surface area (Å²) in [6.45, 7) is 3.88. The van der Waals surface area contributed by atoms with E-state index in [2.05, 4.69) is 0 Å². The zero-order valence-corrected chi connectivity index (χ0v) is 16.9. The summed E-state index contributed by atoms with van der Waals surface area (Å²) in [4.78, 5) is 28.9. The van der Waals surface area contributed by atoms with Gasteiger partial charge in [0.1, 0.15) is 11.8 Å². The minimum absolute atomic E-state index is 0. The van der Waals surface area contributed by atoms with Gasteiger partial charge < -0.3 is 20.3 Å². The van der Waals surface area contributed by atoms with Crippen LogP contribution in [0.25, 0.3) is 0 Å². The molecule has 2 N–H and O–H groups in total. The van der Waals surface area contributed by atoms with E-state index in [1.54, 1.807) is 23.0 Å². The first-order valence-corrected chi connectivity index (χ1v) is 9.04. The number of amides is 2.